The van der Waals surface area contributed by atoms with E-state index >= 15 is 0 Å². The van der Waals surface area contributed by atoms with Crippen LogP contribution in [0.4, 0.5) is 0 Å². The standard InChI is InChI=1S/C18H29ClO7.C18H28O7.C9H13ClO4.C7H10O3.C6H10O3.CH3/c1-5-18(4,16(22)24-9-8-23-14(20)6-7-19)12-17(2,3)15(21)26-11-13-10-25-13;1-6-14(19)22-8-9-23-16(21)18(5,7-2)12-17(3,4)15(20)25-11-13-10-24-13;1-7(2)9(12)14-6-5-13-8(11)3-4-10;1-5(2)7(8)10-4-6-3-9-6;1-5(2)6(8)9-4-3-7;/h13H,5-12H2,1-4H3;6,13H,1,7-12H2,2-5H3;1,3-6H2,2H3;6H,1,3-4H2,2H3;7H,1,3-4H2,2H3;1H3/q;;;;;-1. The van der Waals surface area contributed by atoms with Gasteiger partial charge in [-0.3, -0.25) is 28.8 Å². The minimum absolute atomic E-state index is 0. The number of halogens is 2. The number of esters is 10. The molecule has 0 amide bonds. The van der Waals surface area contributed by atoms with Crippen molar-refractivity contribution in [2.75, 3.05) is 104 Å². The largest absolute Gasteiger partial charge is 0.462 e. The second kappa shape index (κ2) is 44.5. The molecule has 24 nitrogen and oxygen atoms in total. The van der Waals surface area contributed by atoms with E-state index in [1.807, 2.05) is 13.8 Å². The lowest BCUT2D eigenvalue weighted by atomic mass is 9.72. The van der Waals surface area contributed by atoms with Crippen molar-refractivity contribution in [2.24, 2.45) is 21.7 Å². The summed E-state index contributed by atoms with van der Waals surface area (Å²) in [5.74, 6) is -3.86. The molecule has 0 radical (unpaired) electrons. The fraction of sp³-hybridized carbons (Fsp3) is 0.678. The van der Waals surface area contributed by atoms with Crippen LogP contribution in [0.15, 0.2) is 49.1 Å². The van der Waals surface area contributed by atoms with Crippen molar-refractivity contribution in [3.63, 3.8) is 0 Å². The van der Waals surface area contributed by atoms with E-state index < -0.39 is 63.4 Å². The van der Waals surface area contributed by atoms with Gasteiger partial charge in [-0.15, -0.1) is 23.2 Å². The Labute approximate surface area is 511 Å². The summed E-state index contributed by atoms with van der Waals surface area (Å²) in [7, 11) is 0. The molecular weight excluding hydrogens is 1160 g/mol. The van der Waals surface area contributed by atoms with Crippen molar-refractivity contribution in [3.8, 4) is 0 Å². The minimum Gasteiger partial charge on any atom is -0.462 e. The van der Waals surface area contributed by atoms with Crippen LogP contribution < -0.4 is 0 Å². The van der Waals surface area contributed by atoms with Gasteiger partial charge in [-0.25, -0.2) is 19.2 Å². The van der Waals surface area contributed by atoms with Gasteiger partial charge in [-0.2, -0.15) is 0 Å². The van der Waals surface area contributed by atoms with Crippen LogP contribution in [0.5, 0.6) is 0 Å². The predicted molar refractivity (Wildman–Crippen MR) is 311 cm³/mol. The van der Waals surface area contributed by atoms with Gasteiger partial charge in [0.1, 0.15) is 84.4 Å². The molecule has 85 heavy (non-hydrogen) atoms. The van der Waals surface area contributed by atoms with E-state index in [1.165, 1.54) is 0 Å². The lowest BCUT2D eigenvalue weighted by molar-refractivity contribution is -0.166. The first-order valence-corrected chi connectivity index (χ1v) is 28.2. The maximum absolute atomic E-state index is 12.5. The zero-order valence-corrected chi connectivity index (χ0v) is 53.3. The molecule has 0 aromatic rings. The second-order valence-corrected chi connectivity index (χ2v) is 21.7. The Hall–Kier alpha value is -5.92. The summed E-state index contributed by atoms with van der Waals surface area (Å²) in [6.45, 7) is 35.1. The normalized spacial score (nSPS) is 16.2. The average Bonchev–Trinajstić information content (AvgIpc) is 4.20. The number of carbonyl (C=O) groups is 10. The van der Waals surface area contributed by atoms with Crippen LogP contribution in [0.3, 0.4) is 0 Å². The maximum atomic E-state index is 12.5. The van der Waals surface area contributed by atoms with E-state index in [-0.39, 0.29) is 147 Å². The third-order valence-corrected chi connectivity index (χ3v) is 12.0. The van der Waals surface area contributed by atoms with Gasteiger partial charge in [0.15, 0.2) is 0 Å². The lowest BCUT2D eigenvalue weighted by Gasteiger charge is -2.33. The summed E-state index contributed by atoms with van der Waals surface area (Å²) in [6, 6.07) is 0. The van der Waals surface area contributed by atoms with Crippen molar-refractivity contribution in [1.82, 2.24) is 0 Å². The van der Waals surface area contributed by atoms with E-state index in [4.69, 9.17) is 75.7 Å². The van der Waals surface area contributed by atoms with Crippen LogP contribution in [-0.4, -0.2) is 187 Å². The molecule has 3 aliphatic heterocycles. The first-order valence-electron chi connectivity index (χ1n) is 27.1. The molecule has 3 rings (SSSR count). The molecule has 0 spiro atoms. The number of ether oxygens (including phenoxy) is 13. The Balaban J connectivity index is -0.00000105. The van der Waals surface area contributed by atoms with Crippen molar-refractivity contribution >= 4 is 82.9 Å². The van der Waals surface area contributed by atoms with Crippen molar-refractivity contribution in [1.29, 1.82) is 0 Å². The first-order chi connectivity index (χ1) is 39.2. The summed E-state index contributed by atoms with van der Waals surface area (Å²) >= 11 is 10.7. The number of aliphatic hydroxyl groups is 1. The molecule has 0 aromatic carbocycles. The highest BCUT2D eigenvalue weighted by Gasteiger charge is 2.45. The SMILES string of the molecule is C=C(C)C(=O)OCC1CO1.C=C(C)C(=O)OCCO.C=C(C)C(=O)OCCOC(=O)CCCl.C=CC(=O)OCCOC(=O)C(C)(CC)CC(C)(C)C(=O)OCC1CO1.CCC(C)(CC(C)(C)C(=O)OCC1CO1)C(=O)OCCOC(=O)CCCl.[CH3-]. The lowest BCUT2D eigenvalue weighted by Crippen LogP contribution is -2.39. The van der Waals surface area contributed by atoms with Crippen molar-refractivity contribution < 1.29 is 115 Å². The summed E-state index contributed by atoms with van der Waals surface area (Å²) in [6.07, 6.45) is 3.03. The third-order valence-electron chi connectivity index (χ3n) is 11.6. The molecule has 5 unspecified atom stereocenters. The van der Waals surface area contributed by atoms with Crippen molar-refractivity contribution in [3.05, 3.63) is 56.5 Å². The molecule has 488 valence electrons. The summed E-state index contributed by atoms with van der Waals surface area (Å²) in [5.41, 5.74) is -2.28. The quantitative estimate of drug-likeness (QED) is 0.0129. The number of hydrogen-bond donors (Lipinski definition) is 1. The number of hydrogen-bond acceptors (Lipinski definition) is 24. The topological polar surface area (TPSA) is 321 Å². The van der Waals surface area contributed by atoms with E-state index in [0.717, 1.165) is 6.08 Å². The third kappa shape index (κ3) is 40.9. The monoisotopic (exact) mass is 1260 g/mol. The van der Waals surface area contributed by atoms with Crippen LogP contribution in [-0.2, 0) is 110 Å². The average molecular weight is 1260 g/mol. The molecule has 3 fully saturated rings. The Bertz CT molecular complexity index is 2160. The van der Waals surface area contributed by atoms with Gasteiger partial charge in [0.05, 0.1) is 60.9 Å². The molecular formula is C59H93Cl2O24-. The van der Waals surface area contributed by atoms with Gasteiger partial charge < -0.3 is 74.1 Å². The molecule has 0 aliphatic carbocycles. The molecule has 0 saturated carbocycles. The van der Waals surface area contributed by atoms with E-state index in [2.05, 4.69) is 40.5 Å². The van der Waals surface area contributed by atoms with Gasteiger partial charge in [-0.1, -0.05) is 40.2 Å². The van der Waals surface area contributed by atoms with E-state index in [0.29, 0.717) is 56.0 Å². The minimum atomic E-state index is -0.848. The summed E-state index contributed by atoms with van der Waals surface area (Å²) < 4.78 is 64.1. The van der Waals surface area contributed by atoms with Crippen molar-refractivity contribution in [2.45, 2.75) is 133 Å². The fourth-order valence-electron chi connectivity index (χ4n) is 6.24. The van der Waals surface area contributed by atoms with Crippen LogP contribution in [0.2, 0.25) is 0 Å². The zero-order valence-electron chi connectivity index (χ0n) is 51.8. The number of aliphatic hydroxyl groups excluding tert-OH is 1. The van der Waals surface area contributed by atoms with Crippen LogP contribution >= 0.6 is 23.2 Å². The molecule has 3 heterocycles. The van der Waals surface area contributed by atoms with Gasteiger partial charge in [-0.05, 0) is 88.0 Å². The van der Waals surface area contributed by atoms with Gasteiger partial charge >= 0.3 is 59.7 Å². The Morgan fingerprint density at radius 2 is 0.776 bits per heavy atom. The highest BCUT2D eigenvalue weighted by Crippen LogP contribution is 2.40. The molecule has 3 aliphatic rings. The van der Waals surface area contributed by atoms with Crippen LogP contribution in [0, 0.1) is 29.1 Å². The molecule has 26 heteroatoms. The molecule has 0 aromatic heterocycles. The van der Waals surface area contributed by atoms with E-state index in [9.17, 15) is 47.9 Å². The van der Waals surface area contributed by atoms with Gasteiger partial charge in [0, 0.05) is 34.6 Å². The van der Waals surface area contributed by atoms with Gasteiger partial charge in [0.2, 0.25) is 0 Å². The second-order valence-electron chi connectivity index (χ2n) is 20.9. The molecule has 0 bridgehead atoms. The predicted octanol–water partition coefficient (Wildman–Crippen LogP) is 6.84. The number of rotatable bonds is 35. The Morgan fingerprint density at radius 3 is 1.07 bits per heavy atom. The van der Waals surface area contributed by atoms with Gasteiger partial charge in [0.25, 0.3) is 0 Å². The molecule has 1 N–H and O–H groups in total. The zero-order chi connectivity index (χ0) is 64.7. The highest BCUT2D eigenvalue weighted by molar-refractivity contribution is 6.19. The number of alkyl halides is 2. The fourth-order valence-corrected chi connectivity index (χ4v) is 6.55. The Morgan fingerprint density at radius 1 is 0.482 bits per heavy atom. The number of carbonyl (C=O) groups excluding carboxylic acids is 10. The first kappa shape index (κ1) is 83.3. The molecule has 5 atom stereocenters. The Kier molecular flexibility index (Phi) is 43.6. The van der Waals surface area contributed by atoms with Crippen LogP contribution in [0.1, 0.15) is 115 Å². The highest BCUT2D eigenvalue weighted by atomic mass is 35.5. The van der Waals surface area contributed by atoms with Crippen LogP contribution in [0.25, 0.3) is 0 Å². The molecule has 3 saturated heterocycles. The summed E-state index contributed by atoms with van der Waals surface area (Å²) in [5, 5.41) is 8.19. The maximum Gasteiger partial charge on any atom is 0.333 e. The summed E-state index contributed by atoms with van der Waals surface area (Å²) in [4.78, 5) is 114. The van der Waals surface area contributed by atoms with E-state index in [1.54, 1.807) is 62.3 Å². The number of epoxide rings is 3. The smallest absolute Gasteiger partial charge is 0.333 e.